The Kier molecular flexibility index (Phi) is 5.63. The maximum Gasteiger partial charge on any atom is 0.0473 e. The third-order valence-electron chi connectivity index (χ3n) is 6.11. The second kappa shape index (κ2) is 8.92. The van der Waals surface area contributed by atoms with Crippen molar-refractivity contribution in [3.05, 3.63) is 133 Å². The average Bonchev–Trinajstić information content (AvgIpc) is 2.91. The molecule has 0 fully saturated rings. The van der Waals surface area contributed by atoms with Crippen molar-refractivity contribution in [1.82, 2.24) is 0 Å². The molecular weight excluding hydrogens is 469 g/mol. The van der Waals surface area contributed by atoms with E-state index in [0.29, 0.717) is 0 Å². The van der Waals surface area contributed by atoms with Gasteiger partial charge in [0.05, 0.1) is 0 Å². The van der Waals surface area contributed by atoms with Gasteiger partial charge in [-0.1, -0.05) is 108 Å². The molecule has 6 rings (SSSR count). The Morgan fingerprint density at radius 3 is 1.68 bits per heavy atom. The maximum absolute atomic E-state index is 6.61. The zero-order valence-corrected chi connectivity index (χ0v) is 20.9. The first-order valence-corrected chi connectivity index (χ1v) is 14.8. The summed E-state index contributed by atoms with van der Waals surface area (Å²) in [6, 6.07) is 45.1. The van der Waals surface area contributed by atoms with Crippen LogP contribution in [0.5, 0.6) is 0 Å². The minimum Gasteiger partial charge on any atom is -0.310 e. The van der Waals surface area contributed by atoms with E-state index in [2.05, 4.69) is 138 Å². The summed E-state index contributed by atoms with van der Waals surface area (Å²) in [7, 11) is 0. The van der Waals surface area contributed by atoms with E-state index in [0.717, 1.165) is 17.1 Å². The van der Waals surface area contributed by atoms with Crippen LogP contribution >= 0.6 is 17.8 Å². The van der Waals surface area contributed by atoms with Crippen LogP contribution in [0.3, 0.4) is 0 Å². The molecule has 5 aromatic rings. The molecule has 0 bridgehead atoms. The maximum atomic E-state index is 6.61. The van der Waals surface area contributed by atoms with E-state index in [-0.39, 0.29) is 0 Å². The molecular formula is C30H22NPS2. The van der Waals surface area contributed by atoms with Crippen molar-refractivity contribution in [3.63, 3.8) is 0 Å². The molecule has 1 heterocycles. The van der Waals surface area contributed by atoms with E-state index in [1.54, 1.807) is 0 Å². The van der Waals surface area contributed by atoms with Crippen LogP contribution < -0.4 is 20.8 Å². The third kappa shape index (κ3) is 3.61. The van der Waals surface area contributed by atoms with Gasteiger partial charge in [-0.05, 0) is 53.8 Å². The number of benzene rings is 5. The fraction of sp³-hybridized carbons (Fsp3) is 0. The topological polar surface area (TPSA) is 3.24 Å². The summed E-state index contributed by atoms with van der Waals surface area (Å²) in [4.78, 5) is 4.83. The monoisotopic (exact) mass is 491 g/mol. The van der Waals surface area contributed by atoms with E-state index < -0.39 is 6.04 Å². The summed E-state index contributed by atoms with van der Waals surface area (Å²) in [5.74, 6) is 0. The van der Waals surface area contributed by atoms with Gasteiger partial charge in [0.25, 0.3) is 0 Å². The highest BCUT2D eigenvalue weighted by Gasteiger charge is 2.34. The molecule has 1 unspecified atom stereocenters. The van der Waals surface area contributed by atoms with Crippen molar-refractivity contribution in [2.45, 2.75) is 9.79 Å². The van der Waals surface area contributed by atoms with E-state index in [1.807, 2.05) is 11.8 Å². The minimum absolute atomic E-state index is 1.14. The van der Waals surface area contributed by atoms with Gasteiger partial charge < -0.3 is 4.90 Å². The van der Waals surface area contributed by atoms with Crippen LogP contribution in [0.1, 0.15) is 0 Å². The molecule has 1 atom stereocenters. The van der Waals surface area contributed by atoms with Gasteiger partial charge in [-0.2, -0.15) is 0 Å². The molecule has 1 aliphatic heterocycles. The van der Waals surface area contributed by atoms with E-state index in [1.165, 1.54) is 25.7 Å². The second-order valence-corrected chi connectivity index (χ2v) is 13.6. The summed E-state index contributed by atoms with van der Waals surface area (Å²) in [5.41, 5.74) is 3.41. The fourth-order valence-corrected chi connectivity index (χ4v) is 11.0. The number of anilines is 3. The molecule has 1 nitrogen and oxygen atoms in total. The first-order valence-electron chi connectivity index (χ1n) is 11.2. The average molecular weight is 492 g/mol. The lowest BCUT2D eigenvalue weighted by Gasteiger charge is -2.33. The lowest BCUT2D eigenvalue weighted by Crippen LogP contribution is -2.30. The fourth-order valence-electron chi connectivity index (χ4n) is 4.55. The number of hydrogen-bond donors (Lipinski definition) is 0. The molecule has 0 aromatic heterocycles. The molecule has 0 spiro atoms. The van der Waals surface area contributed by atoms with E-state index in [9.17, 15) is 0 Å². The van der Waals surface area contributed by atoms with Crippen LogP contribution in [0.15, 0.2) is 143 Å². The minimum atomic E-state index is -2.15. The van der Waals surface area contributed by atoms with Gasteiger partial charge in [0.1, 0.15) is 0 Å². The normalized spacial score (nSPS) is 16.4. The van der Waals surface area contributed by atoms with E-state index in [4.69, 9.17) is 11.8 Å². The molecule has 0 N–H and O–H groups in total. The Hall–Kier alpha value is -3.10. The Bertz CT molecular complexity index is 1460. The number of rotatable bonds is 4. The Morgan fingerprint density at radius 2 is 1.03 bits per heavy atom. The summed E-state index contributed by atoms with van der Waals surface area (Å²) < 4.78 is 0. The van der Waals surface area contributed by atoms with Crippen LogP contribution in [0.2, 0.25) is 0 Å². The molecule has 0 amide bonds. The molecule has 0 saturated carbocycles. The molecule has 0 saturated heterocycles. The predicted molar refractivity (Wildman–Crippen MR) is 151 cm³/mol. The van der Waals surface area contributed by atoms with E-state index >= 15 is 0 Å². The van der Waals surface area contributed by atoms with Crippen molar-refractivity contribution < 1.29 is 0 Å². The first-order chi connectivity index (χ1) is 16.7. The van der Waals surface area contributed by atoms with Crippen LogP contribution in [-0.4, -0.2) is 0 Å². The van der Waals surface area contributed by atoms with Gasteiger partial charge in [-0.25, -0.2) is 0 Å². The first kappa shape index (κ1) is 21.4. The van der Waals surface area contributed by atoms with Gasteiger partial charge >= 0.3 is 0 Å². The van der Waals surface area contributed by atoms with Gasteiger partial charge in [0.15, 0.2) is 0 Å². The molecule has 0 aliphatic carbocycles. The van der Waals surface area contributed by atoms with Crippen molar-refractivity contribution >= 4 is 62.6 Å². The van der Waals surface area contributed by atoms with Crippen molar-refractivity contribution in [1.29, 1.82) is 0 Å². The molecule has 5 aromatic carbocycles. The van der Waals surface area contributed by atoms with Crippen LogP contribution in [-0.2, 0) is 11.8 Å². The van der Waals surface area contributed by atoms with Crippen LogP contribution in [0.4, 0.5) is 17.1 Å². The molecule has 34 heavy (non-hydrogen) atoms. The van der Waals surface area contributed by atoms with Gasteiger partial charge in [0, 0.05) is 43.5 Å². The Balaban J connectivity index is 1.56. The van der Waals surface area contributed by atoms with Crippen molar-refractivity contribution in [2.75, 3.05) is 4.90 Å². The summed E-state index contributed by atoms with van der Waals surface area (Å²) in [5, 5.41) is 3.82. The lowest BCUT2D eigenvalue weighted by molar-refractivity contribution is 1.27. The second-order valence-electron chi connectivity index (χ2n) is 8.17. The van der Waals surface area contributed by atoms with Gasteiger partial charge in [-0.15, -0.1) is 0 Å². The highest BCUT2D eigenvalue weighted by atomic mass is 32.4. The van der Waals surface area contributed by atoms with Gasteiger partial charge in [0.2, 0.25) is 0 Å². The highest BCUT2D eigenvalue weighted by Crippen LogP contribution is 2.53. The lowest BCUT2D eigenvalue weighted by atomic mass is 10.2. The molecule has 1 aliphatic rings. The third-order valence-corrected chi connectivity index (χ3v) is 12.5. The quantitative estimate of drug-likeness (QED) is 0.237. The summed E-state index contributed by atoms with van der Waals surface area (Å²) in [6.07, 6.45) is 0. The van der Waals surface area contributed by atoms with Crippen LogP contribution in [0.25, 0.3) is 0 Å². The molecule has 4 heteroatoms. The standard InChI is InChI=1S/C30H22NPS2/c33-32(26-16-8-3-9-17-26)27-18-10-11-19-29(27)34-30-22-25(20-21-28(30)32)31(23-12-4-1-5-13-23)24-14-6-2-7-15-24/h1-22H. The predicted octanol–water partition coefficient (Wildman–Crippen LogP) is 7.38. The number of hydrogen-bond acceptors (Lipinski definition) is 3. The number of para-hydroxylation sites is 2. The smallest absolute Gasteiger partial charge is 0.0473 e. The number of fused-ring (bicyclic) bond motifs is 2. The molecule has 164 valence electrons. The summed E-state index contributed by atoms with van der Waals surface area (Å²) >= 11 is 8.45. The number of nitrogens with zero attached hydrogens (tertiary/aromatic N) is 1. The highest BCUT2D eigenvalue weighted by molar-refractivity contribution is 8.26. The largest absolute Gasteiger partial charge is 0.310 e. The Labute approximate surface area is 210 Å². The zero-order valence-electron chi connectivity index (χ0n) is 18.4. The summed E-state index contributed by atoms with van der Waals surface area (Å²) in [6.45, 7) is 0. The van der Waals surface area contributed by atoms with Crippen LogP contribution in [0, 0.1) is 0 Å². The Morgan fingerprint density at radius 1 is 0.500 bits per heavy atom. The zero-order chi connectivity index (χ0) is 23.0. The SMILES string of the molecule is S=P1(c2ccccc2)c2ccccc2Sc2cc(N(c3ccccc3)c3ccccc3)ccc21. The van der Waals surface area contributed by atoms with Crippen molar-refractivity contribution in [2.24, 2.45) is 0 Å². The van der Waals surface area contributed by atoms with Crippen molar-refractivity contribution in [3.8, 4) is 0 Å². The molecule has 0 radical (unpaired) electrons. The van der Waals surface area contributed by atoms with Gasteiger partial charge in [-0.3, -0.25) is 0 Å².